The van der Waals surface area contributed by atoms with Crippen molar-refractivity contribution < 1.29 is 28.8 Å². The second-order valence-corrected chi connectivity index (χ2v) is 8.45. The van der Waals surface area contributed by atoms with E-state index in [-0.39, 0.29) is 23.7 Å². The van der Waals surface area contributed by atoms with E-state index in [9.17, 15) is 24.6 Å². The Morgan fingerprint density at radius 3 is 1.79 bits per heavy atom. The van der Waals surface area contributed by atoms with Gasteiger partial charge in [0.05, 0.1) is 16.5 Å². The van der Waals surface area contributed by atoms with Crippen LogP contribution in [0.25, 0.3) is 0 Å². The summed E-state index contributed by atoms with van der Waals surface area (Å²) in [5.41, 5.74) is 10.7. The van der Waals surface area contributed by atoms with Crippen LogP contribution in [0.2, 0.25) is 0 Å². The van der Waals surface area contributed by atoms with Crippen molar-refractivity contribution in [2.45, 2.75) is 12.8 Å². The van der Waals surface area contributed by atoms with Crippen molar-refractivity contribution in [3.8, 4) is 5.75 Å². The molecule has 0 bridgehead atoms. The molecule has 1 fully saturated rings. The van der Waals surface area contributed by atoms with Crippen molar-refractivity contribution in [1.29, 1.82) is 0 Å². The lowest BCUT2D eigenvalue weighted by atomic mass is 10.2. The number of rotatable bonds is 8. The topological polar surface area (TPSA) is 183 Å². The fraction of sp³-hybridized carbons (Fsp3) is 0.500. The van der Waals surface area contributed by atoms with E-state index >= 15 is 0 Å². The molecule has 1 saturated heterocycles. The van der Waals surface area contributed by atoms with Crippen molar-refractivity contribution in [3.05, 3.63) is 62.4 Å². The van der Waals surface area contributed by atoms with E-state index in [0.29, 0.717) is 18.8 Å². The minimum atomic E-state index is -0.907. The molecule has 13 nitrogen and oxygen atoms in total. The fourth-order valence-electron chi connectivity index (χ4n) is 2.52. The molecule has 214 valence electrons. The van der Waals surface area contributed by atoms with Gasteiger partial charge in [-0.15, -0.1) is 0 Å². The Bertz CT molecular complexity index is 968. The van der Waals surface area contributed by atoms with Crippen molar-refractivity contribution in [2.75, 3.05) is 79.2 Å². The number of anilines is 2. The van der Waals surface area contributed by atoms with Crippen molar-refractivity contribution in [3.63, 3.8) is 0 Å². The third-order valence-corrected chi connectivity index (χ3v) is 4.52. The van der Waals surface area contributed by atoms with Crippen LogP contribution in [-0.2, 0) is 4.74 Å². The molecule has 0 aromatic heterocycles. The molecule has 0 aliphatic carbocycles. The molecule has 14 heteroatoms. The lowest BCUT2D eigenvalue weighted by Gasteiger charge is -2.11. The number of likely N-dealkylation sites (N-methyl/N-ethyl adjacent to an activating group) is 2. The highest BCUT2D eigenvalue weighted by atomic mass is 19.1. The Kier molecular flexibility index (Phi) is 17.7. The third-order valence-electron chi connectivity index (χ3n) is 4.52. The number of halogens is 1. The second kappa shape index (κ2) is 19.5. The first-order valence-electron chi connectivity index (χ1n) is 11.7. The van der Waals surface area contributed by atoms with Gasteiger partial charge in [-0.2, -0.15) is 4.39 Å². The molecule has 0 radical (unpaired) electrons. The van der Waals surface area contributed by atoms with Gasteiger partial charge >= 0.3 is 11.4 Å². The number of hydrogen-bond donors (Lipinski definition) is 3. The van der Waals surface area contributed by atoms with Crippen LogP contribution in [0.4, 0.5) is 27.1 Å². The normalized spacial score (nSPS) is 11.9. The van der Waals surface area contributed by atoms with Crippen LogP contribution in [0.15, 0.2) is 36.4 Å². The zero-order valence-corrected chi connectivity index (χ0v) is 22.3. The van der Waals surface area contributed by atoms with E-state index in [2.05, 4.69) is 0 Å². The molecule has 1 heterocycles. The minimum Gasteiger partial charge on any atom is -0.485 e. The maximum Gasteiger partial charge on any atom is 0.311 e. The number of benzene rings is 2. The summed E-state index contributed by atoms with van der Waals surface area (Å²) in [6, 6.07) is 7.52. The maximum absolute atomic E-state index is 12.6. The number of ether oxygens (including phenoxy) is 2. The van der Waals surface area contributed by atoms with Crippen LogP contribution >= 0.6 is 0 Å². The zero-order chi connectivity index (χ0) is 29.1. The lowest BCUT2D eigenvalue weighted by molar-refractivity contribution is -0.387. The quantitative estimate of drug-likeness (QED) is 0.253. The van der Waals surface area contributed by atoms with Crippen LogP contribution in [-0.4, -0.2) is 92.5 Å². The van der Waals surface area contributed by atoms with Crippen LogP contribution in [0.3, 0.4) is 0 Å². The number of nitrogens with zero attached hydrogens (tertiary/aromatic N) is 4. The summed E-state index contributed by atoms with van der Waals surface area (Å²) in [5.74, 6) is -0.693. The standard InChI is InChI=1S/C10H15N3O3.C6H5FN2O2.C4H11NO.C4H8O/c1-12(2)5-6-16-10-7-8(11)3-4-9(10)13(14)15;7-5-3-4(8)1-2-6(5)9(10)11;1-5(2)3-4-6;1-2-4-5-3-1/h3-4,7H,5-6,11H2,1-2H3;1-3H,8H2;6H,3-4H2,1-2H3;1-4H2. The van der Waals surface area contributed by atoms with E-state index < -0.39 is 21.4 Å². The molecular formula is C24H39FN6O7. The SMILES string of the molecule is C1CCOC1.CN(C)CCO.CN(C)CCOc1cc(N)ccc1[N+](=O)[O-].Nc1ccc([N+](=O)[O-])c(F)c1. The summed E-state index contributed by atoms with van der Waals surface area (Å²) in [4.78, 5) is 23.3. The molecule has 0 atom stereocenters. The van der Waals surface area contributed by atoms with E-state index in [0.717, 1.165) is 31.9 Å². The molecule has 2 aromatic rings. The summed E-state index contributed by atoms with van der Waals surface area (Å²) < 4.78 is 22.9. The number of aliphatic hydroxyl groups excluding tert-OH is 1. The minimum absolute atomic E-state index is 0.0621. The van der Waals surface area contributed by atoms with Gasteiger partial charge in [0.1, 0.15) is 6.61 Å². The number of nitro benzene ring substituents is 2. The van der Waals surface area contributed by atoms with Gasteiger partial charge in [-0.1, -0.05) is 0 Å². The predicted octanol–water partition coefficient (Wildman–Crippen LogP) is 2.77. The van der Waals surface area contributed by atoms with Gasteiger partial charge in [0.25, 0.3) is 0 Å². The van der Waals surface area contributed by atoms with Gasteiger partial charge in [0.2, 0.25) is 5.82 Å². The number of hydrogen-bond acceptors (Lipinski definition) is 11. The molecular weight excluding hydrogens is 503 g/mol. The van der Waals surface area contributed by atoms with Gasteiger partial charge in [-0.3, -0.25) is 20.2 Å². The third kappa shape index (κ3) is 16.2. The van der Waals surface area contributed by atoms with E-state index in [1.54, 1.807) is 0 Å². The predicted molar refractivity (Wildman–Crippen MR) is 145 cm³/mol. The van der Waals surface area contributed by atoms with Gasteiger partial charge in [-0.05, 0) is 53.2 Å². The van der Waals surface area contributed by atoms with Gasteiger partial charge in [0.15, 0.2) is 5.75 Å². The van der Waals surface area contributed by atoms with Crippen LogP contribution < -0.4 is 16.2 Å². The summed E-state index contributed by atoms with van der Waals surface area (Å²) >= 11 is 0. The molecule has 0 saturated carbocycles. The Morgan fingerprint density at radius 1 is 0.921 bits per heavy atom. The molecule has 0 unspecified atom stereocenters. The molecule has 5 N–H and O–H groups in total. The fourth-order valence-corrected chi connectivity index (χ4v) is 2.52. The highest BCUT2D eigenvalue weighted by Crippen LogP contribution is 2.28. The van der Waals surface area contributed by atoms with Crippen molar-refractivity contribution >= 4 is 22.7 Å². The Hall–Kier alpha value is -3.59. The van der Waals surface area contributed by atoms with E-state index in [4.69, 9.17) is 26.0 Å². The zero-order valence-electron chi connectivity index (χ0n) is 22.3. The van der Waals surface area contributed by atoms with E-state index in [1.165, 1.54) is 37.1 Å². The van der Waals surface area contributed by atoms with Gasteiger partial charge in [-0.25, -0.2) is 0 Å². The van der Waals surface area contributed by atoms with Crippen LogP contribution in [0.1, 0.15) is 12.8 Å². The molecule has 38 heavy (non-hydrogen) atoms. The average Bonchev–Trinajstić information content (AvgIpc) is 3.39. The van der Waals surface area contributed by atoms with Crippen LogP contribution in [0, 0.1) is 26.0 Å². The summed E-state index contributed by atoms with van der Waals surface area (Å²) in [6.07, 6.45) is 2.56. The molecule has 1 aliphatic heterocycles. The number of nitrogens with two attached hydrogens (primary N) is 2. The lowest BCUT2D eigenvalue weighted by Crippen LogP contribution is -2.19. The first-order valence-corrected chi connectivity index (χ1v) is 11.7. The van der Waals surface area contributed by atoms with Crippen molar-refractivity contribution in [1.82, 2.24) is 9.80 Å². The Labute approximate surface area is 222 Å². The molecule has 1 aliphatic rings. The monoisotopic (exact) mass is 542 g/mol. The first kappa shape index (κ1) is 34.4. The average molecular weight is 543 g/mol. The first-order chi connectivity index (χ1) is 17.9. The second-order valence-electron chi connectivity index (χ2n) is 8.45. The van der Waals surface area contributed by atoms with E-state index in [1.807, 2.05) is 38.0 Å². The van der Waals surface area contributed by atoms with Crippen molar-refractivity contribution in [2.24, 2.45) is 0 Å². The summed E-state index contributed by atoms with van der Waals surface area (Å²) in [5, 5.41) is 29.0. The number of nitro groups is 2. The molecule has 0 amide bonds. The summed E-state index contributed by atoms with van der Waals surface area (Å²) in [6.45, 7) is 4.09. The highest BCUT2D eigenvalue weighted by molar-refractivity contribution is 5.55. The number of aliphatic hydroxyl groups is 1. The smallest absolute Gasteiger partial charge is 0.311 e. The van der Waals surface area contributed by atoms with Gasteiger partial charge in [0, 0.05) is 61.9 Å². The largest absolute Gasteiger partial charge is 0.485 e. The Balaban J connectivity index is 0.000000534. The molecule has 3 rings (SSSR count). The Morgan fingerprint density at radius 2 is 1.42 bits per heavy atom. The summed E-state index contributed by atoms with van der Waals surface area (Å²) in [7, 11) is 7.65. The highest BCUT2D eigenvalue weighted by Gasteiger charge is 2.15. The maximum atomic E-state index is 12.6. The van der Waals surface area contributed by atoms with Gasteiger partial charge < -0.3 is 35.8 Å². The molecule has 2 aromatic carbocycles. The molecule has 0 spiro atoms. The number of nitrogen functional groups attached to an aromatic ring is 2. The van der Waals surface area contributed by atoms with Crippen LogP contribution in [0.5, 0.6) is 5.75 Å².